The van der Waals surface area contributed by atoms with E-state index >= 15 is 0 Å². The quantitative estimate of drug-likeness (QED) is 0.445. The number of phenolic OH excluding ortho intramolecular Hbond substituents is 1. The van der Waals surface area contributed by atoms with Gasteiger partial charge in [-0.25, -0.2) is 0 Å². The van der Waals surface area contributed by atoms with Crippen LogP contribution in [0.15, 0.2) is 76.5 Å². The Bertz CT molecular complexity index is 893. The molecular formula is C22H22O3S2. The minimum atomic E-state index is -1.52. The number of aromatic hydroxyl groups is 1. The van der Waals surface area contributed by atoms with Crippen LogP contribution in [-0.2, 0) is 5.60 Å². The molecule has 0 radical (unpaired) electrons. The third-order valence-electron chi connectivity index (χ3n) is 4.57. The number of hydrogen-bond donors (Lipinski definition) is 2. The highest BCUT2D eigenvalue weighted by molar-refractivity contribution is 7.98. The predicted octanol–water partition coefficient (Wildman–Crippen LogP) is 5.13. The summed E-state index contributed by atoms with van der Waals surface area (Å²) in [7, 11) is 1.57. The molecule has 0 amide bonds. The van der Waals surface area contributed by atoms with Gasteiger partial charge in [0.2, 0.25) is 0 Å². The molecule has 0 aliphatic heterocycles. The molecule has 5 heteroatoms. The highest BCUT2D eigenvalue weighted by atomic mass is 32.2. The van der Waals surface area contributed by atoms with Crippen LogP contribution in [0.25, 0.3) is 0 Å². The van der Waals surface area contributed by atoms with E-state index in [4.69, 9.17) is 4.74 Å². The first-order chi connectivity index (χ1) is 13.0. The molecule has 3 aromatic carbocycles. The Morgan fingerprint density at radius 3 is 1.85 bits per heavy atom. The molecule has 27 heavy (non-hydrogen) atoms. The topological polar surface area (TPSA) is 49.7 Å². The summed E-state index contributed by atoms with van der Waals surface area (Å²) in [6.45, 7) is 0. The van der Waals surface area contributed by atoms with Crippen LogP contribution in [0.1, 0.15) is 16.7 Å². The Labute approximate surface area is 168 Å². The fourth-order valence-corrected chi connectivity index (χ4v) is 4.02. The summed E-state index contributed by atoms with van der Waals surface area (Å²) in [6.07, 6.45) is 3.99. The van der Waals surface area contributed by atoms with Crippen molar-refractivity contribution in [3.05, 3.63) is 83.4 Å². The third kappa shape index (κ3) is 3.81. The van der Waals surface area contributed by atoms with Crippen LogP contribution in [0.2, 0.25) is 0 Å². The Balaban J connectivity index is 2.32. The van der Waals surface area contributed by atoms with E-state index in [2.05, 4.69) is 0 Å². The fourth-order valence-electron chi connectivity index (χ4n) is 3.11. The number of ether oxygens (including phenoxy) is 1. The smallest absolute Gasteiger partial charge is 0.144 e. The van der Waals surface area contributed by atoms with Crippen molar-refractivity contribution in [3.8, 4) is 11.5 Å². The zero-order valence-corrected chi connectivity index (χ0v) is 17.1. The minimum Gasteiger partial charge on any atom is -0.508 e. The lowest BCUT2D eigenvalue weighted by Gasteiger charge is -2.31. The summed E-state index contributed by atoms with van der Waals surface area (Å²) in [5.41, 5.74) is 0.251. The molecule has 0 saturated carbocycles. The van der Waals surface area contributed by atoms with E-state index in [0.717, 1.165) is 9.79 Å². The normalized spacial score (nSPS) is 11.4. The lowest BCUT2D eigenvalue weighted by Crippen LogP contribution is -2.29. The number of benzene rings is 3. The van der Waals surface area contributed by atoms with Crippen LogP contribution in [0.4, 0.5) is 0 Å². The Morgan fingerprint density at radius 1 is 0.815 bits per heavy atom. The molecule has 2 N–H and O–H groups in total. The molecule has 0 spiro atoms. The first kappa shape index (κ1) is 19.7. The molecule has 0 bridgehead atoms. The highest BCUT2D eigenvalue weighted by Gasteiger charge is 2.37. The fraction of sp³-hybridized carbons (Fsp3) is 0.182. The summed E-state index contributed by atoms with van der Waals surface area (Å²) in [6, 6.07) is 20.4. The molecule has 140 valence electrons. The van der Waals surface area contributed by atoms with Crippen LogP contribution in [0.5, 0.6) is 11.5 Å². The average molecular weight is 399 g/mol. The molecular weight excluding hydrogens is 376 g/mol. The third-order valence-corrected chi connectivity index (χ3v) is 6.02. The molecule has 0 aliphatic carbocycles. The van der Waals surface area contributed by atoms with Crippen LogP contribution in [0.3, 0.4) is 0 Å². The maximum atomic E-state index is 12.0. The predicted molar refractivity (Wildman–Crippen MR) is 113 cm³/mol. The number of rotatable bonds is 6. The molecule has 3 rings (SSSR count). The van der Waals surface area contributed by atoms with Crippen LogP contribution >= 0.6 is 23.5 Å². The molecule has 0 aromatic heterocycles. The number of thioether (sulfide) groups is 2. The molecule has 3 aromatic rings. The summed E-state index contributed by atoms with van der Waals surface area (Å²) < 4.78 is 5.34. The van der Waals surface area contributed by atoms with Gasteiger partial charge in [-0.05, 0) is 66.1 Å². The van der Waals surface area contributed by atoms with Crippen molar-refractivity contribution in [2.24, 2.45) is 0 Å². The lowest BCUT2D eigenvalue weighted by molar-refractivity contribution is 0.121. The maximum Gasteiger partial charge on any atom is 0.144 e. The molecule has 0 saturated heterocycles. The van der Waals surface area contributed by atoms with Gasteiger partial charge in [-0.2, -0.15) is 0 Å². The summed E-state index contributed by atoms with van der Waals surface area (Å²) >= 11 is 3.21. The zero-order valence-electron chi connectivity index (χ0n) is 15.5. The monoisotopic (exact) mass is 398 g/mol. The van der Waals surface area contributed by atoms with Crippen molar-refractivity contribution in [1.82, 2.24) is 0 Å². The summed E-state index contributed by atoms with van der Waals surface area (Å²) in [4.78, 5) is 2.07. The first-order valence-corrected chi connectivity index (χ1v) is 10.9. The van der Waals surface area contributed by atoms with Gasteiger partial charge in [0.05, 0.1) is 7.11 Å². The van der Waals surface area contributed by atoms with Gasteiger partial charge < -0.3 is 14.9 Å². The van der Waals surface area contributed by atoms with Crippen molar-refractivity contribution in [3.63, 3.8) is 0 Å². The van der Waals surface area contributed by atoms with E-state index in [1.165, 1.54) is 0 Å². The van der Waals surface area contributed by atoms with Crippen molar-refractivity contribution < 1.29 is 14.9 Å². The number of hydrogen-bond acceptors (Lipinski definition) is 5. The van der Waals surface area contributed by atoms with Gasteiger partial charge in [0.15, 0.2) is 0 Å². The Hall–Kier alpha value is -2.08. The average Bonchev–Trinajstić information content (AvgIpc) is 2.73. The number of phenols is 1. The highest BCUT2D eigenvalue weighted by Crippen LogP contribution is 2.43. The van der Waals surface area contributed by atoms with Crippen LogP contribution in [0, 0.1) is 0 Å². The van der Waals surface area contributed by atoms with E-state index in [1.807, 2.05) is 61.0 Å². The molecule has 0 aliphatic rings. The Kier molecular flexibility index (Phi) is 6.05. The second kappa shape index (κ2) is 8.30. The van der Waals surface area contributed by atoms with Crippen LogP contribution in [-0.4, -0.2) is 29.8 Å². The minimum absolute atomic E-state index is 0.0161. The van der Waals surface area contributed by atoms with E-state index in [0.29, 0.717) is 22.4 Å². The second-order valence-electron chi connectivity index (χ2n) is 6.06. The summed E-state index contributed by atoms with van der Waals surface area (Å²) in [5.74, 6) is 0.589. The van der Waals surface area contributed by atoms with E-state index in [1.54, 1.807) is 48.8 Å². The molecule has 3 nitrogen and oxygen atoms in total. The van der Waals surface area contributed by atoms with Gasteiger partial charge in [-0.1, -0.05) is 24.3 Å². The largest absolute Gasteiger partial charge is 0.508 e. The van der Waals surface area contributed by atoms with E-state index < -0.39 is 5.60 Å². The molecule has 0 fully saturated rings. The lowest BCUT2D eigenvalue weighted by atomic mass is 9.80. The van der Waals surface area contributed by atoms with Gasteiger partial charge in [0, 0.05) is 15.4 Å². The summed E-state index contributed by atoms with van der Waals surface area (Å²) in [5, 5.41) is 22.6. The number of aliphatic hydroxyl groups is 1. The van der Waals surface area contributed by atoms with Crippen molar-refractivity contribution in [2.45, 2.75) is 15.4 Å². The van der Waals surface area contributed by atoms with Gasteiger partial charge in [-0.3, -0.25) is 0 Å². The maximum absolute atomic E-state index is 12.0. The van der Waals surface area contributed by atoms with Gasteiger partial charge >= 0.3 is 0 Å². The molecule has 0 atom stereocenters. The Morgan fingerprint density at radius 2 is 1.37 bits per heavy atom. The van der Waals surface area contributed by atoms with Crippen molar-refractivity contribution in [1.29, 1.82) is 0 Å². The van der Waals surface area contributed by atoms with Crippen molar-refractivity contribution >= 4 is 23.5 Å². The first-order valence-electron chi connectivity index (χ1n) is 8.42. The second-order valence-corrected chi connectivity index (χ2v) is 7.82. The van der Waals surface area contributed by atoms with E-state index in [-0.39, 0.29) is 5.75 Å². The molecule has 0 heterocycles. The number of methoxy groups -OCH3 is 1. The van der Waals surface area contributed by atoms with Crippen LogP contribution < -0.4 is 4.74 Å². The SMILES string of the molecule is COc1ccc(O)c(C(O)(c2cccc(SC)c2)c2cccc(SC)c2)c1. The van der Waals surface area contributed by atoms with Crippen molar-refractivity contribution in [2.75, 3.05) is 19.6 Å². The zero-order chi connectivity index (χ0) is 19.4. The van der Waals surface area contributed by atoms with Gasteiger partial charge in [0.1, 0.15) is 17.1 Å². The molecule has 0 unspecified atom stereocenters. The standard InChI is InChI=1S/C22H22O3S2/c1-25-17-10-11-21(23)20(14-17)22(24,15-6-4-8-18(12-15)26-2)16-7-5-9-19(13-16)27-3/h4-14,23-24H,1-3H3. The van der Waals surface area contributed by atoms with Gasteiger partial charge in [-0.15, -0.1) is 23.5 Å². The van der Waals surface area contributed by atoms with Gasteiger partial charge in [0.25, 0.3) is 0 Å². The van der Waals surface area contributed by atoms with E-state index in [9.17, 15) is 10.2 Å².